The molecule has 4 nitrogen and oxygen atoms in total. The van der Waals surface area contributed by atoms with Crippen molar-refractivity contribution in [2.75, 3.05) is 19.1 Å². The molecule has 0 saturated heterocycles. The first-order valence-electron chi connectivity index (χ1n) is 5.75. The molecule has 6 heteroatoms. The monoisotopic (exact) mass is 288 g/mol. The van der Waals surface area contributed by atoms with Crippen LogP contribution in [0.25, 0.3) is 0 Å². The van der Waals surface area contributed by atoms with Crippen LogP contribution in [0, 0.1) is 0 Å². The van der Waals surface area contributed by atoms with Crippen LogP contribution >= 0.6 is 11.8 Å². The molecule has 0 amide bonds. The minimum Gasteiger partial charge on any atom is -0.316 e. The maximum absolute atomic E-state index is 12.3. The first kappa shape index (κ1) is 15.5. The number of nitrogens with one attached hydrogen (secondary N) is 2. The average Bonchev–Trinajstić information content (AvgIpc) is 2.29. The van der Waals surface area contributed by atoms with Gasteiger partial charge in [-0.05, 0) is 31.9 Å². The van der Waals surface area contributed by atoms with Crippen molar-refractivity contribution >= 4 is 21.8 Å². The highest BCUT2D eigenvalue weighted by Gasteiger charge is 2.19. The summed E-state index contributed by atoms with van der Waals surface area (Å²) in [7, 11) is -1.64. The molecule has 0 aliphatic rings. The predicted octanol–water partition coefficient (Wildman–Crippen LogP) is 1.44. The van der Waals surface area contributed by atoms with Gasteiger partial charge in [0.05, 0.1) is 4.90 Å². The topological polar surface area (TPSA) is 58.2 Å². The van der Waals surface area contributed by atoms with Crippen LogP contribution in [0.1, 0.15) is 12.5 Å². The van der Waals surface area contributed by atoms with Crippen LogP contribution in [0.3, 0.4) is 0 Å². The van der Waals surface area contributed by atoms with Crippen molar-refractivity contribution in [3.8, 4) is 0 Å². The second-order valence-electron chi connectivity index (χ2n) is 4.12. The Morgan fingerprint density at radius 2 is 2.00 bits per heavy atom. The van der Waals surface area contributed by atoms with Crippen molar-refractivity contribution in [1.82, 2.24) is 10.0 Å². The van der Waals surface area contributed by atoms with Gasteiger partial charge in [-0.25, -0.2) is 13.1 Å². The molecule has 1 atom stereocenters. The van der Waals surface area contributed by atoms with Crippen molar-refractivity contribution in [3.05, 3.63) is 29.8 Å². The van der Waals surface area contributed by atoms with E-state index in [4.69, 9.17) is 0 Å². The third-order valence-electron chi connectivity index (χ3n) is 2.40. The second-order valence-corrected chi connectivity index (χ2v) is 6.71. The summed E-state index contributed by atoms with van der Waals surface area (Å²) in [5.74, 6) is 0.757. The standard InChI is InChI=1S/C12H20N2O2S2/c1-10(9-17-3)14-18(15,16)12-7-5-4-6-11(12)8-13-2/h4-7,10,13-14H,8-9H2,1-3H3. The van der Waals surface area contributed by atoms with Crippen molar-refractivity contribution in [2.24, 2.45) is 0 Å². The normalized spacial score (nSPS) is 13.5. The molecule has 1 rings (SSSR count). The molecule has 0 aliphatic carbocycles. The van der Waals surface area contributed by atoms with E-state index < -0.39 is 10.0 Å². The lowest BCUT2D eigenvalue weighted by Gasteiger charge is -2.15. The van der Waals surface area contributed by atoms with Gasteiger partial charge in [-0.15, -0.1) is 0 Å². The minimum absolute atomic E-state index is 0.0763. The molecule has 2 N–H and O–H groups in total. The second kappa shape index (κ2) is 7.13. The van der Waals surface area contributed by atoms with Gasteiger partial charge in [0, 0.05) is 18.3 Å². The van der Waals surface area contributed by atoms with E-state index in [0.29, 0.717) is 11.4 Å². The van der Waals surface area contributed by atoms with Crippen LogP contribution in [0.15, 0.2) is 29.2 Å². The quantitative estimate of drug-likeness (QED) is 0.797. The Kier molecular flexibility index (Phi) is 6.14. The molecule has 0 radical (unpaired) electrons. The number of sulfonamides is 1. The van der Waals surface area contributed by atoms with Gasteiger partial charge in [0.25, 0.3) is 0 Å². The zero-order valence-corrected chi connectivity index (χ0v) is 12.6. The first-order chi connectivity index (χ1) is 8.51. The van der Waals surface area contributed by atoms with Crippen LogP contribution in [0.5, 0.6) is 0 Å². The number of benzene rings is 1. The Balaban J connectivity index is 2.97. The molecule has 0 fully saturated rings. The smallest absolute Gasteiger partial charge is 0.241 e. The van der Waals surface area contributed by atoms with Gasteiger partial charge in [0.2, 0.25) is 10.0 Å². The fourth-order valence-electron chi connectivity index (χ4n) is 1.71. The van der Waals surface area contributed by atoms with Gasteiger partial charge in [0.15, 0.2) is 0 Å². The summed E-state index contributed by atoms with van der Waals surface area (Å²) < 4.78 is 27.2. The molecule has 0 aliphatic heterocycles. The van der Waals surface area contributed by atoms with Gasteiger partial charge in [-0.3, -0.25) is 0 Å². The summed E-state index contributed by atoms with van der Waals surface area (Å²) in [6, 6.07) is 6.97. The van der Waals surface area contributed by atoms with Crippen LogP contribution in [-0.2, 0) is 16.6 Å². The number of hydrogen-bond donors (Lipinski definition) is 2. The van der Waals surface area contributed by atoms with E-state index in [1.165, 1.54) is 0 Å². The Bertz CT molecular complexity index is 475. The molecule has 0 spiro atoms. The third kappa shape index (κ3) is 4.28. The van der Waals surface area contributed by atoms with Crippen molar-refractivity contribution < 1.29 is 8.42 Å². The lowest BCUT2D eigenvalue weighted by atomic mass is 10.2. The highest BCUT2D eigenvalue weighted by molar-refractivity contribution is 7.98. The Labute approximate surface area is 114 Å². The highest BCUT2D eigenvalue weighted by atomic mass is 32.2. The molecule has 0 heterocycles. The van der Waals surface area contributed by atoms with E-state index >= 15 is 0 Å². The SMILES string of the molecule is CNCc1ccccc1S(=O)(=O)NC(C)CSC. The van der Waals surface area contributed by atoms with Gasteiger partial charge in [-0.2, -0.15) is 11.8 Å². The molecule has 0 bridgehead atoms. The summed E-state index contributed by atoms with van der Waals surface area (Å²) in [4.78, 5) is 0.354. The van der Waals surface area contributed by atoms with E-state index in [0.717, 1.165) is 11.3 Å². The summed E-state index contributed by atoms with van der Waals surface area (Å²) in [6.45, 7) is 2.41. The number of rotatable bonds is 7. The zero-order valence-electron chi connectivity index (χ0n) is 10.9. The van der Waals surface area contributed by atoms with Crippen LogP contribution in [-0.4, -0.2) is 33.5 Å². The fourth-order valence-corrected chi connectivity index (χ4v) is 3.89. The summed E-state index contributed by atoms with van der Waals surface area (Å²) >= 11 is 1.62. The Morgan fingerprint density at radius 1 is 1.33 bits per heavy atom. The zero-order chi connectivity index (χ0) is 13.6. The molecule has 1 unspecified atom stereocenters. The largest absolute Gasteiger partial charge is 0.316 e. The van der Waals surface area contributed by atoms with E-state index in [-0.39, 0.29) is 6.04 Å². The van der Waals surface area contributed by atoms with Gasteiger partial charge in [0.1, 0.15) is 0 Å². The summed E-state index contributed by atoms with van der Waals surface area (Å²) in [6.07, 6.45) is 1.96. The van der Waals surface area contributed by atoms with E-state index in [1.54, 1.807) is 30.9 Å². The van der Waals surface area contributed by atoms with E-state index in [1.807, 2.05) is 25.3 Å². The average molecular weight is 288 g/mol. The van der Waals surface area contributed by atoms with Crippen molar-refractivity contribution in [2.45, 2.75) is 24.4 Å². The molecule has 18 heavy (non-hydrogen) atoms. The summed E-state index contributed by atoms with van der Waals surface area (Å²) in [5.41, 5.74) is 0.781. The molecule has 102 valence electrons. The number of thioether (sulfide) groups is 1. The highest BCUT2D eigenvalue weighted by Crippen LogP contribution is 2.16. The lowest BCUT2D eigenvalue weighted by Crippen LogP contribution is -2.34. The van der Waals surface area contributed by atoms with Gasteiger partial charge < -0.3 is 5.32 Å². The molecular weight excluding hydrogens is 268 g/mol. The van der Waals surface area contributed by atoms with Crippen molar-refractivity contribution in [3.63, 3.8) is 0 Å². The van der Waals surface area contributed by atoms with Gasteiger partial charge >= 0.3 is 0 Å². The van der Waals surface area contributed by atoms with Gasteiger partial charge in [-0.1, -0.05) is 18.2 Å². The molecular formula is C12H20N2O2S2. The van der Waals surface area contributed by atoms with E-state index in [2.05, 4.69) is 10.0 Å². The maximum atomic E-state index is 12.3. The molecule has 0 saturated carbocycles. The predicted molar refractivity (Wildman–Crippen MR) is 77.4 cm³/mol. The molecule has 1 aromatic rings. The van der Waals surface area contributed by atoms with E-state index in [9.17, 15) is 8.42 Å². The van der Waals surface area contributed by atoms with Crippen molar-refractivity contribution in [1.29, 1.82) is 0 Å². The fraction of sp³-hybridized carbons (Fsp3) is 0.500. The molecule has 0 aromatic heterocycles. The van der Waals surface area contributed by atoms with Crippen LogP contribution in [0.4, 0.5) is 0 Å². The minimum atomic E-state index is -3.44. The Hall–Kier alpha value is -0.560. The Morgan fingerprint density at radius 3 is 2.61 bits per heavy atom. The summed E-state index contributed by atoms with van der Waals surface area (Å²) in [5, 5.41) is 2.98. The first-order valence-corrected chi connectivity index (χ1v) is 8.62. The van der Waals surface area contributed by atoms with Crippen LogP contribution < -0.4 is 10.0 Å². The van der Waals surface area contributed by atoms with Crippen LogP contribution in [0.2, 0.25) is 0 Å². The molecule has 1 aromatic carbocycles. The third-order valence-corrected chi connectivity index (χ3v) is 4.93. The maximum Gasteiger partial charge on any atom is 0.241 e. The number of hydrogen-bond acceptors (Lipinski definition) is 4. The lowest BCUT2D eigenvalue weighted by molar-refractivity contribution is 0.569.